The molecule has 1 aliphatic rings. The average molecular weight is 486 g/mol. The van der Waals surface area contributed by atoms with Gasteiger partial charge in [0.1, 0.15) is 24.1 Å². The number of para-hydroxylation sites is 2. The summed E-state index contributed by atoms with van der Waals surface area (Å²) in [6, 6.07) is 15.1. The molecule has 4 atom stereocenters. The summed E-state index contributed by atoms with van der Waals surface area (Å²) in [6.07, 6.45) is -3.50. The number of anilines is 1. The number of carbonyl (C=O) groups excluding carboxylic acids is 1. The molecule has 1 amide bonds. The van der Waals surface area contributed by atoms with Gasteiger partial charge in [-0.3, -0.25) is 9.36 Å². The maximum Gasteiger partial charge on any atom is 0.231 e. The summed E-state index contributed by atoms with van der Waals surface area (Å²) in [7, 11) is 0. The van der Waals surface area contributed by atoms with Crippen LogP contribution in [-0.4, -0.2) is 75.4 Å². The summed E-state index contributed by atoms with van der Waals surface area (Å²) >= 11 is 0. The fourth-order valence-corrected chi connectivity index (χ4v) is 4.05. The van der Waals surface area contributed by atoms with Gasteiger partial charge in [0.15, 0.2) is 6.23 Å². The number of fused-ring (bicyclic) bond motifs is 1. The summed E-state index contributed by atoms with van der Waals surface area (Å²) in [5.74, 6) is 0.794. The van der Waals surface area contributed by atoms with Crippen LogP contribution >= 0.6 is 0 Å². The quantitative estimate of drug-likeness (QED) is 0.195. The highest BCUT2D eigenvalue weighted by atomic mass is 16.6. The number of primary amides is 1. The Hall–Kier alpha value is -3.22. The fourth-order valence-electron chi connectivity index (χ4n) is 4.05. The van der Waals surface area contributed by atoms with Crippen LogP contribution < -0.4 is 21.1 Å². The van der Waals surface area contributed by atoms with Crippen LogP contribution in [-0.2, 0) is 16.1 Å². The second-order valence-corrected chi connectivity index (χ2v) is 8.37. The van der Waals surface area contributed by atoms with E-state index in [1.165, 1.54) is 0 Å². The first-order chi connectivity index (χ1) is 17.0. The van der Waals surface area contributed by atoms with Crippen molar-refractivity contribution in [1.29, 1.82) is 0 Å². The Morgan fingerprint density at radius 2 is 2.00 bits per heavy atom. The summed E-state index contributed by atoms with van der Waals surface area (Å²) in [6.45, 7) is 1.28. The molecule has 1 aliphatic heterocycles. The largest absolute Gasteiger partial charge is 0.494 e. The van der Waals surface area contributed by atoms with E-state index in [1.54, 1.807) is 4.57 Å². The first kappa shape index (κ1) is 24.9. The maximum absolute atomic E-state index is 10.7. The lowest BCUT2D eigenvalue weighted by molar-refractivity contribution is -0.117. The Morgan fingerprint density at radius 1 is 1.17 bits per heavy atom. The number of nitrogens with two attached hydrogens (primary N) is 1. The normalized spacial score (nSPS) is 21.9. The molecule has 2 aromatic carbocycles. The van der Waals surface area contributed by atoms with E-state index in [-0.39, 0.29) is 6.54 Å². The zero-order valence-corrected chi connectivity index (χ0v) is 19.2. The number of amides is 1. The van der Waals surface area contributed by atoms with Gasteiger partial charge >= 0.3 is 0 Å². The number of carbonyl (C=O) groups is 1. The molecule has 1 aromatic heterocycles. The molecule has 0 unspecified atom stereocenters. The summed E-state index contributed by atoms with van der Waals surface area (Å²) in [5, 5.41) is 36.6. The van der Waals surface area contributed by atoms with E-state index in [0.717, 1.165) is 23.3 Å². The number of rotatable bonds is 12. The zero-order chi connectivity index (χ0) is 24.8. The molecule has 11 nitrogen and oxygen atoms in total. The van der Waals surface area contributed by atoms with Crippen LogP contribution in [0, 0.1) is 0 Å². The van der Waals surface area contributed by atoms with Crippen LogP contribution in [0.1, 0.15) is 18.2 Å². The molecular formula is C24H31N5O6. The van der Waals surface area contributed by atoms with Gasteiger partial charge in [0.25, 0.3) is 0 Å². The number of aromatic nitrogens is 2. The fraction of sp³-hybridized carbons (Fsp3) is 0.417. The van der Waals surface area contributed by atoms with Gasteiger partial charge in [0, 0.05) is 6.54 Å². The van der Waals surface area contributed by atoms with Gasteiger partial charge in [-0.2, -0.15) is 0 Å². The lowest BCUT2D eigenvalue weighted by Gasteiger charge is -2.20. The molecule has 35 heavy (non-hydrogen) atoms. The van der Waals surface area contributed by atoms with Gasteiger partial charge in [0.2, 0.25) is 11.9 Å². The third-order valence-corrected chi connectivity index (χ3v) is 5.78. The minimum Gasteiger partial charge on any atom is -0.494 e. The van der Waals surface area contributed by atoms with E-state index in [1.807, 2.05) is 48.5 Å². The lowest BCUT2D eigenvalue weighted by atomic mass is 10.1. The molecule has 0 spiro atoms. The molecule has 188 valence electrons. The van der Waals surface area contributed by atoms with Crippen LogP contribution in [0.25, 0.3) is 11.0 Å². The molecule has 7 N–H and O–H groups in total. The Morgan fingerprint density at radius 3 is 2.77 bits per heavy atom. The Labute approximate surface area is 202 Å². The van der Waals surface area contributed by atoms with Crippen molar-refractivity contribution >= 4 is 22.9 Å². The molecule has 11 heteroatoms. The Balaban J connectivity index is 1.43. The second-order valence-electron chi connectivity index (χ2n) is 8.37. The number of aliphatic hydroxyl groups is 3. The molecule has 0 aliphatic carbocycles. The van der Waals surface area contributed by atoms with E-state index in [9.17, 15) is 20.1 Å². The summed E-state index contributed by atoms with van der Waals surface area (Å²) in [5.41, 5.74) is 7.48. The lowest BCUT2D eigenvalue weighted by Crippen LogP contribution is -2.33. The summed E-state index contributed by atoms with van der Waals surface area (Å²) in [4.78, 5) is 15.4. The van der Waals surface area contributed by atoms with Gasteiger partial charge in [-0.25, -0.2) is 4.98 Å². The first-order valence-corrected chi connectivity index (χ1v) is 11.5. The highest BCUT2D eigenvalue weighted by Crippen LogP contribution is 2.35. The van der Waals surface area contributed by atoms with Gasteiger partial charge in [0.05, 0.1) is 30.8 Å². The number of benzene rings is 2. The van der Waals surface area contributed by atoms with Gasteiger partial charge in [-0.05, 0) is 42.8 Å². The molecular weight excluding hydrogens is 454 g/mol. The first-order valence-electron chi connectivity index (χ1n) is 11.5. The summed E-state index contributed by atoms with van der Waals surface area (Å²) < 4.78 is 13.3. The van der Waals surface area contributed by atoms with Gasteiger partial charge in [-0.1, -0.05) is 24.3 Å². The smallest absolute Gasteiger partial charge is 0.231 e. The Bertz CT molecular complexity index is 1140. The number of imidazole rings is 1. The standard InChI is InChI=1S/C24H31N5O6/c25-20(31)13-26-9-4-10-34-16-6-3-5-15(11-16)12-27-24-28-17-7-1-2-8-18(17)29(24)23-22(33)21(32)19(14-30)35-23/h1-3,5-8,11,19,21-23,26,30,32-33H,4,9-10,12-14H2,(H2,25,31)(H,27,28)/t19-,21-,22-,23-/m1/s1. The minimum atomic E-state index is -1.22. The molecule has 0 radical (unpaired) electrons. The van der Waals surface area contributed by atoms with Crippen molar-refractivity contribution in [1.82, 2.24) is 14.9 Å². The van der Waals surface area contributed by atoms with Crippen molar-refractivity contribution < 1.29 is 29.6 Å². The van der Waals surface area contributed by atoms with Gasteiger partial charge in [-0.15, -0.1) is 0 Å². The molecule has 1 saturated heterocycles. The molecule has 2 heterocycles. The van der Waals surface area contributed by atoms with Crippen LogP contribution in [0.5, 0.6) is 5.75 Å². The van der Waals surface area contributed by atoms with Crippen molar-refractivity contribution in [2.75, 3.05) is 31.6 Å². The van der Waals surface area contributed by atoms with E-state index >= 15 is 0 Å². The third-order valence-electron chi connectivity index (χ3n) is 5.78. The van der Waals surface area contributed by atoms with Crippen LogP contribution in [0.3, 0.4) is 0 Å². The van der Waals surface area contributed by atoms with Crippen LogP contribution in [0.2, 0.25) is 0 Å². The average Bonchev–Trinajstić information content (AvgIpc) is 3.36. The number of ether oxygens (including phenoxy) is 2. The van der Waals surface area contributed by atoms with Gasteiger partial charge < -0.3 is 41.2 Å². The predicted octanol–water partition coefficient (Wildman–Crippen LogP) is 0.104. The monoisotopic (exact) mass is 485 g/mol. The third kappa shape index (κ3) is 5.89. The molecule has 1 fully saturated rings. The SMILES string of the molecule is NC(=O)CNCCCOc1cccc(CNc2nc3ccccc3n2[C@@H]2O[C@H](CO)[C@@H](O)[C@H]2O)c1. The predicted molar refractivity (Wildman–Crippen MR) is 129 cm³/mol. The van der Waals surface area contributed by atoms with E-state index in [2.05, 4.69) is 15.6 Å². The maximum atomic E-state index is 10.7. The molecule has 0 bridgehead atoms. The van der Waals surface area contributed by atoms with Crippen molar-refractivity contribution in [3.63, 3.8) is 0 Å². The molecule has 0 saturated carbocycles. The number of nitrogens with zero attached hydrogens (tertiary/aromatic N) is 2. The highest BCUT2D eigenvalue weighted by Gasteiger charge is 2.44. The highest BCUT2D eigenvalue weighted by molar-refractivity contribution is 5.79. The number of hydrogen-bond acceptors (Lipinski definition) is 9. The van der Waals surface area contributed by atoms with E-state index < -0.39 is 37.1 Å². The van der Waals surface area contributed by atoms with E-state index in [0.29, 0.717) is 31.2 Å². The zero-order valence-electron chi connectivity index (χ0n) is 19.2. The molecule has 4 rings (SSSR count). The number of nitrogens with one attached hydrogen (secondary N) is 2. The molecule has 3 aromatic rings. The van der Waals surface area contributed by atoms with E-state index in [4.69, 9.17) is 15.2 Å². The van der Waals surface area contributed by atoms with Crippen LogP contribution in [0.4, 0.5) is 5.95 Å². The van der Waals surface area contributed by atoms with Crippen LogP contribution in [0.15, 0.2) is 48.5 Å². The van der Waals surface area contributed by atoms with Crippen molar-refractivity contribution in [2.24, 2.45) is 5.73 Å². The van der Waals surface area contributed by atoms with Crippen molar-refractivity contribution in [3.8, 4) is 5.75 Å². The minimum absolute atomic E-state index is 0.147. The second kappa shape index (κ2) is 11.5. The number of hydrogen-bond donors (Lipinski definition) is 6. The van der Waals surface area contributed by atoms with Crippen molar-refractivity contribution in [3.05, 3.63) is 54.1 Å². The number of aliphatic hydroxyl groups excluding tert-OH is 3. The Kier molecular flexibility index (Phi) is 8.16. The van der Waals surface area contributed by atoms with Crippen molar-refractivity contribution in [2.45, 2.75) is 37.5 Å². The topological polar surface area (TPSA) is 164 Å².